The maximum Gasteiger partial charge on any atom is 0.315 e. The predicted molar refractivity (Wildman–Crippen MR) is 62.2 cm³/mol. The van der Waals surface area contributed by atoms with Crippen molar-refractivity contribution in [3.05, 3.63) is 70.8 Å². The largest absolute Gasteiger partial charge is 0.481 e. The molecule has 0 aliphatic rings. The van der Waals surface area contributed by atoms with E-state index in [2.05, 4.69) is 0 Å². The van der Waals surface area contributed by atoms with Gasteiger partial charge in [0.15, 0.2) is 23.3 Å². The molecule has 104 valence electrons. The SMILES string of the molecule is O=C(O)C(c1ccc(F)c(F)c1)c1ccc(F)c(F)c1. The van der Waals surface area contributed by atoms with E-state index in [4.69, 9.17) is 5.11 Å². The molecule has 0 spiro atoms. The molecule has 2 aromatic carbocycles. The molecule has 0 aromatic heterocycles. The van der Waals surface area contributed by atoms with Crippen LogP contribution in [0.3, 0.4) is 0 Å². The minimum absolute atomic E-state index is 0.0672. The van der Waals surface area contributed by atoms with Gasteiger partial charge in [0, 0.05) is 0 Å². The minimum atomic E-state index is -1.42. The average Bonchev–Trinajstić information content (AvgIpc) is 2.38. The molecule has 0 heterocycles. The summed E-state index contributed by atoms with van der Waals surface area (Å²) in [6.07, 6.45) is 0. The van der Waals surface area contributed by atoms with Crippen LogP contribution in [-0.4, -0.2) is 11.1 Å². The lowest BCUT2D eigenvalue weighted by Gasteiger charge is -2.13. The second kappa shape index (κ2) is 5.32. The third-order valence-corrected chi connectivity index (χ3v) is 2.80. The van der Waals surface area contributed by atoms with Gasteiger partial charge in [-0.3, -0.25) is 4.79 Å². The molecule has 0 saturated carbocycles. The van der Waals surface area contributed by atoms with Crippen molar-refractivity contribution in [2.75, 3.05) is 0 Å². The number of benzene rings is 2. The maximum atomic E-state index is 13.2. The van der Waals surface area contributed by atoms with Gasteiger partial charge >= 0.3 is 5.97 Å². The summed E-state index contributed by atoms with van der Waals surface area (Å²) < 4.78 is 52.0. The minimum Gasteiger partial charge on any atom is -0.481 e. The topological polar surface area (TPSA) is 37.3 Å². The molecular weight excluding hydrogens is 276 g/mol. The van der Waals surface area contributed by atoms with Crippen molar-refractivity contribution >= 4 is 5.97 Å². The van der Waals surface area contributed by atoms with Crippen LogP contribution in [0.5, 0.6) is 0 Å². The number of carbonyl (C=O) groups is 1. The van der Waals surface area contributed by atoms with E-state index in [0.29, 0.717) is 0 Å². The van der Waals surface area contributed by atoms with Crippen molar-refractivity contribution in [3.63, 3.8) is 0 Å². The summed E-state index contributed by atoms with van der Waals surface area (Å²) in [5, 5.41) is 9.17. The number of hydrogen-bond donors (Lipinski definition) is 1. The molecule has 2 nitrogen and oxygen atoms in total. The summed E-state index contributed by atoms with van der Waals surface area (Å²) in [4.78, 5) is 11.3. The van der Waals surface area contributed by atoms with Crippen LogP contribution in [0.4, 0.5) is 17.6 Å². The van der Waals surface area contributed by atoms with Crippen LogP contribution < -0.4 is 0 Å². The van der Waals surface area contributed by atoms with E-state index in [-0.39, 0.29) is 11.1 Å². The molecular formula is C14H8F4O2. The number of aliphatic carboxylic acids is 1. The Labute approximate surface area is 111 Å². The predicted octanol–water partition coefficient (Wildman–Crippen LogP) is 3.46. The fraction of sp³-hybridized carbons (Fsp3) is 0.0714. The van der Waals surface area contributed by atoms with Crippen LogP contribution in [0, 0.1) is 23.3 Å². The average molecular weight is 284 g/mol. The number of carboxylic acids is 1. The molecule has 0 saturated heterocycles. The van der Waals surface area contributed by atoms with Gasteiger partial charge in [0.1, 0.15) is 5.92 Å². The van der Waals surface area contributed by atoms with Gasteiger partial charge in [0.25, 0.3) is 0 Å². The highest BCUT2D eigenvalue weighted by Gasteiger charge is 2.24. The van der Waals surface area contributed by atoms with E-state index in [1.807, 2.05) is 0 Å². The highest BCUT2D eigenvalue weighted by atomic mass is 19.2. The fourth-order valence-electron chi connectivity index (χ4n) is 1.86. The van der Waals surface area contributed by atoms with Crippen molar-refractivity contribution in [1.82, 2.24) is 0 Å². The van der Waals surface area contributed by atoms with Gasteiger partial charge in [0.05, 0.1) is 0 Å². The van der Waals surface area contributed by atoms with Crippen LogP contribution >= 0.6 is 0 Å². The molecule has 0 bridgehead atoms. The first-order valence-electron chi connectivity index (χ1n) is 5.53. The van der Waals surface area contributed by atoms with Gasteiger partial charge < -0.3 is 5.11 Å². The Morgan fingerprint density at radius 1 is 0.800 bits per heavy atom. The molecule has 20 heavy (non-hydrogen) atoms. The van der Waals surface area contributed by atoms with Crippen LogP contribution in [0.2, 0.25) is 0 Å². The first-order valence-corrected chi connectivity index (χ1v) is 5.53. The van der Waals surface area contributed by atoms with Crippen LogP contribution in [-0.2, 0) is 4.79 Å². The lowest BCUT2D eigenvalue weighted by molar-refractivity contribution is -0.137. The summed E-state index contributed by atoms with van der Waals surface area (Å²) in [6, 6.07) is 5.16. The summed E-state index contributed by atoms with van der Waals surface area (Å²) >= 11 is 0. The van der Waals surface area contributed by atoms with E-state index in [9.17, 15) is 22.4 Å². The quantitative estimate of drug-likeness (QED) is 0.876. The smallest absolute Gasteiger partial charge is 0.315 e. The van der Waals surface area contributed by atoms with E-state index in [1.165, 1.54) is 0 Å². The van der Waals surface area contributed by atoms with E-state index in [1.54, 1.807) is 0 Å². The van der Waals surface area contributed by atoms with Crippen molar-refractivity contribution in [3.8, 4) is 0 Å². The fourth-order valence-corrected chi connectivity index (χ4v) is 1.86. The van der Waals surface area contributed by atoms with E-state index < -0.39 is 35.2 Å². The normalized spacial score (nSPS) is 10.8. The van der Waals surface area contributed by atoms with Crippen LogP contribution in [0.15, 0.2) is 36.4 Å². The molecule has 6 heteroatoms. The third kappa shape index (κ3) is 2.64. The second-order valence-electron chi connectivity index (χ2n) is 4.12. The molecule has 0 amide bonds. The molecule has 2 rings (SSSR count). The van der Waals surface area contributed by atoms with Crippen molar-refractivity contribution in [1.29, 1.82) is 0 Å². The van der Waals surface area contributed by atoms with E-state index in [0.717, 1.165) is 36.4 Å². The number of carboxylic acid groups (broad SMARTS) is 1. The van der Waals surface area contributed by atoms with Crippen molar-refractivity contribution < 1.29 is 27.5 Å². The number of halogens is 4. The highest BCUT2D eigenvalue weighted by Crippen LogP contribution is 2.27. The molecule has 1 N–H and O–H groups in total. The molecule has 0 aliphatic heterocycles. The zero-order valence-electron chi connectivity index (χ0n) is 9.91. The Bertz CT molecular complexity index is 619. The maximum absolute atomic E-state index is 13.2. The Morgan fingerprint density at radius 3 is 1.50 bits per heavy atom. The highest BCUT2D eigenvalue weighted by molar-refractivity contribution is 5.80. The van der Waals surface area contributed by atoms with E-state index >= 15 is 0 Å². The monoisotopic (exact) mass is 284 g/mol. The molecule has 2 aromatic rings. The van der Waals surface area contributed by atoms with Crippen LogP contribution in [0.1, 0.15) is 17.0 Å². The van der Waals surface area contributed by atoms with Gasteiger partial charge in [-0.15, -0.1) is 0 Å². The molecule has 0 atom stereocenters. The zero-order valence-corrected chi connectivity index (χ0v) is 9.91. The third-order valence-electron chi connectivity index (χ3n) is 2.80. The molecule has 0 aliphatic carbocycles. The lowest BCUT2D eigenvalue weighted by Crippen LogP contribution is -2.14. The second-order valence-corrected chi connectivity index (χ2v) is 4.12. The standard InChI is InChI=1S/C14H8F4O2/c15-9-3-1-7(5-11(9)17)13(14(19)20)8-2-4-10(16)12(18)6-8/h1-6,13H,(H,19,20). The summed E-state index contributed by atoms with van der Waals surface area (Å²) in [5.74, 6) is -7.47. The molecule has 0 unspecified atom stereocenters. The Hall–Kier alpha value is -2.37. The molecule has 0 fully saturated rings. The van der Waals surface area contributed by atoms with Gasteiger partial charge in [-0.1, -0.05) is 12.1 Å². The number of hydrogen-bond acceptors (Lipinski definition) is 1. The first kappa shape index (κ1) is 14.0. The first-order chi connectivity index (χ1) is 9.40. The summed E-state index contributed by atoms with van der Waals surface area (Å²) in [5.41, 5.74) is -0.134. The Kier molecular flexibility index (Phi) is 3.74. The zero-order chi connectivity index (χ0) is 14.9. The van der Waals surface area contributed by atoms with Gasteiger partial charge in [-0.2, -0.15) is 0 Å². The summed E-state index contributed by atoms with van der Waals surface area (Å²) in [7, 11) is 0. The van der Waals surface area contributed by atoms with Gasteiger partial charge in [-0.05, 0) is 35.4 Å². The Balaban J connectivity index is 2.53. The summed E-state index contributed by atoms with van der Waals surface area (Å²) in [6.45, 7) is 0. The van der Waals surface area contributed by atoms with Crippen LogP contribution in [0.25, 0.3) is 0 Å². The van der Waals surface area contributed by atoms with Crippen molar-refractivity contribution in [2.45, 2.75) is 5.92 Å². The number of rotatable bonds is 3. The van der Waals surface area contributed by atoms with Gasteiger partial charge in [-0.25, -0.2) is 17.6 Å². The lowest BCUT2D eigenvalue weighted by atomic mass is 9.91. The van der Waals surface area contributed by atoms with Crippen molar-refractivity contribution in [2.24, 2.45) is 0 Å². The molecule has 0 radical (unpaired) electrons. The Morgan fingerprint density at radius 2 is 1.20 bits per heavy atom. The van der Waals surface area contributed by atoms with Gasteiger partial charge in [0.2, 0.25) is 0 Å².